The molecular weight excluding hydrogens is 231 g/mol. The first-order valence-electron chi connectivity index (χ1n) is 6.44. The van der Waals surface area contributed by atoms with Crippen LogP contribution in [-0.4, -0.2) is 13.2 Å². The molecule has 3 N–H and O–H groups in total. The summed E-state index contributed by atoms with van der Waals surface area (Å²) in [5.74, 6) is 5.70. The molecular formula is C14H21FN2O. The molecule has 2 atom stereocenters. The molecule has 1 fully saturated rings. The summed E-state index contributed by atoms with van der Waals surface area (Å²) in [5, 5.41) is 0. The van der Waals surface area contributed by atoms with E-state index in [1.165, 1.54) is 0 Å². The molecule has 1 aliphatic rings. The zero-order valence-corrected chi connectivity index (χ0v) is 11.0. The van der Waals surface area contributed by atoms with Gasteiger partial charge in [0.2, 0.25) is 0 Å². The summed E-state index contributed by atoms with van der Waals surface area (Å²) >= 11 is 0. The smallest absolute Gasteiger partial charge is 0.128 e. The van der Waals surface area contributed by atoms with Crippen molar-refractivity contribution in [2.45, 2.75) is 32.7 Å². The third-order valence-corrected chi connectivity index (χ3v) is 3.64. The predicted octanol–water partition coefficient (Wildman–Crippen LogP) is 2.37. The molecule has 2 rings (SSSR count). The molecule has 1 aromatic carbocycles. The number of rotatable bonds is 3. The van der Waals surface area contributed by atoms with Crippen LogP contribution in [0.25, 0.3) is 0 Å². The van der Waals surface area contributed by atoms with Crippen LogP contribution in [0, 0.1) is 25.6 Å². The summed E-state index contributed by atoms with van der Waals surface area (Å²) in [5.41, 5.74) is 5.33. The van der Waals surface area contributed by atoms with Gasteiger partial charge in [-0.15, -0.1) is 0 Å². The van der Waals surface area contributed by atoms with E-state index in [-0.39, 0.29) is 17.8 Å². The largest absolute Gasteiger partial charge is 0.381 e. The Morgan fingerprint density at radius 3 is 2.78 bits per heavy atom. The molecule has 2 unspecified atom stereocenters. The van der Waals surface area contributed by atoms with E-state index >= 15 is 0 Å². The molecule has 1 heterocycles. The first kappa shape index (κ1) is 13.5. The molecule has 4 heteroatoms. The van der Waals surface area contributed by atoms with Crippen LogP contribution < -0.4 is 11.3 Å². The highest BCUT2D eigenvalue weighted by molar-refractivity contribution is 5.34. The Morgan fingerprint density at radius 1 is 1.44 bits per heavy atom. The fraction of sp³-hybridized carbons (Fsp3) is 0.571. The van der Waals surface area contributed by atoms with Crippen LogP contribution in [0.5, 0.6) is 0 Å². The Morgan fingerprint density at radius 2 is 2.22 bits per heavy atom. The standard InChI is InChI=1S/C14H21FN2O/c1-9-6-10(2)13(12(15)7-9)14(17-16)11-4-3-5-18-8-11/h6-7,11,14,17H,3-5,8,16H2,1-2H3. The van der Waals surface area contributed by atoms with Gasteiger partial charge in [-0.3, -0.25) is 11.3 Å². The second kappa shape index (κ2) is 5.78. The van der Waals surface area contributed by atoms with Crippen LogP contribution in [0.15, 0.2) is 12.1 Å². The van der Waals surface area contributed by atoms with E-state index in [2.05, 4.69) is 5.43 Å². The van der Waals surface area contributed by atoms with Crippen LogP contribution in [0.3, 0.4) is 0 Å². The lowest BCUT2D eigenvalue weighted by atomic mass is 9.86. The maximum Gasteiger partial charge on any atom is 0.128 e. The Bertz CT molecular complexity index is 393. The summed E-state index contributed by atoms with van der Waals surface area (Å²) in [6.07, 6.45) is 2.02. The number of benzene rings is 1. The first-order valence-corrected chi connectivity index (χ1v) is 6.44. The molecule has 1 saturated heterocycles. The molecule has 18 heavy (non-hydrogen) atoms. The molecule has 0 bridgehead atoms. The van der Waals surface area contributed by atoms with E-state index < -0.39 is 0 Å². The normalized spacial score (nSPS) is 21.9. The summed E-state index contributed by atoms with van der Waals surface area (Å²) in [7, 11) is 0. The summed E-state index contributed by atoms with van der Waals surface area (Å²) in [6, 6.07) is 3.38. The number of nitrogens with one attached hydrogen (secondary N) is 1. The third-order valence-electron chi connectivity index (χ3n) is 3.64. The van der Waals surface area contributed by atoms with Gasteiger partial charge in [0.25, 0.3) is 0 Å². The number of hydrogen-bond donors (Lipinski definition) is 2. The SMILES string of the molecule is Cc1cc(C)c(C(NN)C2CCCOC2)c(F)c1. The topological polar surface area (TPSA) is 47.3 Å². The Balaban J connectivity index is 2.32. The molecule has 0 aliphatic carbocycles. The highest BCUT2D eigenvalue weighted by Gasteiger charge is 2.28. The van der Waals surface area contributed by atoms with Crippen LogP contribution in [-0.2, 0) is 4.74 Å². The average molecular weight is 252 g/mol. The second-order valence-electron chi connectivity index (χ2n) is 5.10. The van der Waals surface area contributed by atoms with Gasteiger partial charge in [0.15, 0.2) is 0 Å². The van der Waals surface area contributed by atoms with Crippen molar-refractivity contribution in [3.8, 4) is 0 Å². The molecule has 0 spiro atoms. The van der Waals surface area contributed by atoms with Gasteiger partial charge >= 0.3 is 0 Å². The second-order valence-corrected chi connectivity index (χ2v) is 5.10. The molecule has 3 nitrogen and oxygen atoms in total. The summed E-state index contributed by atoms with van der Waals surface area (Å²) in [4.78, 5) is 0. The maximum absolute atomic E-state index is 14.2. The molecule has 0 amide bonds. The third kappa shape index (κ3) is 2.71. The van der Waals surface area contributed by atoms with Crippen LogP contribution in [0.2, 0.25) is 0 Å². The predicted molar refractivity (Wildman–Crippen MR) is 69.5 cm³/mol. The lowest BCUT2D eigenvalue weighted by Crippen LogP contribution is -2.38. The van der Waals surface area contributed by atoms with Gasteiger partial charge in [0, 0.05) is 18.1 Å². The van der Waals surface area contributed by atoms with E-state index in [1.54, 1.807) is 6.07 Å². The summed E-state index contributed by atoms with van der Waals surface area (Å²) < 4.78 is 19.6. The van der Waals surface area contributed by atoms with Crippen LogP contribution in [0.4, 0.5) is 4.39 Å². The minimum Gasteiger partial charge on any atom is -0.381 e. The van der Waals surface area contributed by atoms with Crippen molar-refractivity contribution in [2.24, 2.45) is 11.8 Å². The van der Waals surface area contributed by atoms with Crippen molar-refractivity contribution in [2.75, 3.05) is 13.2 Å². The van der Waals surface area contributed by atoms with Gasteiger partial charge in [0.05, 0.1) is 12.6 Å². The molecule has 1 aliphatic heterocycles. The van der Waals surface area contributed by atoms with Gasteiger partial charge in [-0.2, -0.15) is 0 Å². The lowest BCUT2D eigenvalue weighted by Gasteiger charge is -2.31. The minimum atomic E-state index is -0.180. The Labute approximate surface area is 107 Å². The maximum atomic E-state index is 14.2. The zero-order chi connectivity index (χ0) is 13.1. The lowest BCUT2D eigenvalue weighted by molar-refractivity contribution is 0.0384. The number of hydrogen-bond acceptors (Lipinski definition) is 3. The van der Waals surface area contributed by atoms with Crippen molar-refractivity contribution >= 4 is 0 Å². The minimum absolute atomic E-state index is 0.175. The van der Waals surface area contributed by atoms with Crippen LogP contribution >= 0.6 is 0 Å². The van der Waals surface area contributed by atoms with Crippen molar-refractivity contribution in [3.63, 3.8) is 0 Å². The number of hydrazine groups is 1. The van der Waals surface area contributed by atoms with E-state index in [0.717, 1.165) is 30.6 Å². The van der Waals surface area contributed by atoms with E-state index in [9.17, 15) is 4.39 Å². The highest BCUT2D eigenvalue weighted by Crippen LogP contribution is 2.32. The Hall–Kier alpha value is -0.970. The first-order chi connectivity index (χ1) is 8.63. The van der Waals surface area contributed by atoms with Gasteiger partial charge in [-0.25, -0.2) is 4.39 Å². The van der Waals surface area contributed by atoms with Gasteiger partial charge in [0.1, 0.15) is 5.82 Å². The number of aryl methyl sites for hydroxylation is 2. The highest BCUT2D eigenvalue weighted by atomic mass is 19.1. The van der Waals surface area contributed by atoms with E-state index in [4.69, 9.17) is 10.6 Å². The molecule has 0 saturated carbocycles. The van der Waals surface area contributed by atoms with Gasteiger partial charge in [-0.05, 0) is 43.9 Å². The fourth-order valence-corrected chi connectivity index (χ4v) is 2.80. The Kier molecular flexibility index (Phi) is 4.32. The fourth-order valence-electron chi connectivity index (χ4n) is 2.80. The molecule has 0 aromatic heterocycles. The average Bonchev–Trinajstić information content (AvgIpc) is 2.34. The number of nitrogens with two attached hydrogens (primary N) is 1. The van der Waals surface area contributed by atoms with E-state index in [1.807, 2.05) is 19.9 Å². The van der Waals surface area contributed by atoms with Crippen molar-refractivity contribution in [1.29, 1.82) is 0 Å². The van der Waals surface area contributed by atoms with Gasteiger partial charge in [-0.1, -0.05) is 6.07 Å². The molecule has 100 valence electrons. The van der Waals surface area contributed by atoms with Crippen molar-refractivity contribution in [1.82, 2.24) is 5.43 Å². The zero-order valence-electron chi connectivity index (χ0n) is 11.0. The monoisotopic (exact) mass is 252 g/mol. The van der Waals surface area contributed by atoms with E-state index in [0.29, 0.717) is 12.2 Å². The molecule has 0 radical (unpaired) electrons. The number of halogens is 1. The quantitative estimate of drug-likeness (QED) is 0.641. The number of ether oxygens (including phenoxy) is 1. The van der Waals surface area contributed by atoms with Crippen LogP contribution in [0.1, 0.15) is 35.6 Å². The molecule has 1 aromatic rings. The van der Waals surface area contributed by atoms with Crippen molar-refractivity contribution in [3.05, 3.63) is 34.6 Å². The summed E-state index contributed by atoms with van der Waals surface area (Å²) in [6.45, 7) is 5.26. The van der Waals surface area contributed by atoms with Gasteiger partial charge < -0.3 is 4.74 Å². The van der Waals surface area contributed by atoms with Crippen molar-refractivity contribution < 1.29 is 9.13 Å².